The highest BCUT2D eigenvalue weighted by Crippen LogP contribution is 2.53. The first-order valence-corrected chi connectivity index (χ1v) is 6.42. The van der Waals surface area contributed by atoms with Gasteiger partial charge in [0.05, 0.1) is 12.1 Å². The van der Waals surface area contributed by atoms with Gasteiger partial charge in [-0.1, -0.05) is 45.0 Å². The van der Waals surface area contributed by atoms with Crippen LogP contribution in [0.1, 0.15) is 56.8 Å². The first-order chi connectivity index (χ1) is 8.00. The van der Waals surface area contributed by atoms with E-state index in [1.165, 1.54) is 11.1 Å². The molecule has 0 N–H and O–H groups in total. The average Bonchev–Trinajstić information content (AvgIpc) is 2.83. The van der Waals surface area contributed by atoms with Crippen LogP contribution in [-0.2, 0) is 4.79 Å². The van der Waals surface area contributed by atoms with Crippen molar-refractivity contribution in [2.45, 2.75) is 45.7 Å². The number of benzene rings is 1. The molecule has 1 amide bonds. The molecular formula is C15H19NO. The number of hydrogen-bond donors (Lipinski definition) is 0. The largest absolute Gasteiger partial charge is 0.328 e. The zero-order valence-corrected chi connectivity index (χ0v) is 10.7. The van der Waals surface area contributed by atoms with E-state index in [1.807, 2.05) is 20.8 Å². The van der Waals surface area contributed by atoms with Gasteiger partial charge >= 0.3 is 0 Å². The van der Waals surface area contributed by atoms with E-state index >= 15 is 0 Å². The molecule has 90 valence electrons. The van der Waals surface area contributed by atoms with Gasteiger partial charge in [0.2, 0.25) is 5.91 Å². The van der Waals surface area contributed by atoms with Gasteiger partial charge in [-0.15, -0.1) is 0 Å². The molecule has 1 aromatic rings. The van der Waals surface area contributed by atoms with E-state index in [2.05, 4.69) is 29.2 Å². The molecule has 17 heavy (non-hydrogen) atoms. The molecule has 0 saturated carbocycles. The van der Waals surface area contributed by atoms with Crippen LogP contribution in [0.25, 0.3) is 0 Å². The van der Waals surface area contributed by atoms with Gasteiger partial charge in [-0.25, -0.2) is 0 Å². The number of fused-ring (bicyclic) bond motifs is 5. The Bertz CT molecular complexity index is 441. The molecular weight excluding hydrogens is 210 g/mol. The molecule has 1 saturated heterocycles. The van der Waals surface area contributed by atoms with E-state index < -0.39 is 0 Å². The van der Waals surface area contributed by atoms with Gasteiger partial charge in [-0.3, -0.25) is 4.79 Å². The number of nitrogens with zero attached hydrogens (tertiary/aromatic N) is 1. The molecule has 2 aliphatic rings. The van der Waals surface area contributed by atoms with Crippen molar-refractivity contribution in [3.8, 4) is 0 Å². The molecule has 3 rings (SSSR count). The molecule has 2 aliphatic heterocycles. The molecule has 2 heteroatoms. The highest BCUT2D eigenvalue weighted by Gasteiger charge is 2.48. The number of hydrogen-bond acceptors (Lipinski definition) is 1. The SMILES string of the molecule is CC(C)(C)C(=O)N1C2CCC1c1ccccc12. The minimum absolute atomic E-state index is 0.275. The molecule has 0 aromatic heterocycles. The fraction of sp³-hybridized carbons (Fsp3) is 0.533. The van der Waals surface area contributed by atoms with Crippen LogP contribution in [-0.4, -0.2) is 10.8 Å². The highest BCUT2D eigenvalue weighted by atomic mass is 16.2. The summed E-state index contributed by atoms with van der Waals surface area (Å²) in [4.78, 5) is 14.7. The van der Waals surface area contributed by atoms with E-state index in [0.717, 1.165) is 12.8 Å². The topological polar surface area (TPSA) is 20.3 Å². The number of carbonyl (C=O) groups excluding carboxylic acids is 1. The Labute approximate surface area is 103 Å². The van der Waals surface area contributed by atoms with Crippen molar-refractivity contribution in [2.75, 3.05) is 0 Å². The second kappa shape index (κ2) is 3.34. The monoisotopic (exact) mass is 229 g/mol. The lowest BCUT2D eigenvalue weighted by atomic mass is 9.92. The van der Waals surface area contributed by atoms with Crippen molar-refractivity contribution >= 4 is 5.91 Å². The van der Waals surface area contributed by atoms with Crippen molar-refractivity contribution in [1.82, 2.24) is 4.90 Å². The van der Waals surface area contributed by atoms with Crippen LogP contribution >= 0.6 is 0 Å². The first kappa shape index (κ1) is 10.8. The lowest BCUT2D eigenvalue weighted by Crippen LogP contribution is -2.37. The molecule has 0 radical (unpaired) electrons. The molecule has 2 nitrogen and oxygen atoms in total. The van der Waals surface area contributed by atoms with Gasteiger partial charge in [0.1, 0.15) is 0 Å². The van der Waals surface area contributed by atoms with Crippen LogP contribution in [0, 0.1) is 5.41 Å². The van der Waals surface area contributed by atoms with Crippen LogP contribution < -0.4 is 0 Å². The summed E-state index contributed by atoms with van der Waals surface area (Å²) in [6, 6.07) is 9.20. The van der Waals surface area contributed by atoms with Crippen LogP contribution in [0.5, 0.6) is 0 Å². The van der Waals surface area contributed by atoms with E-state index in [0.29, 0.717) is 18.0 Å². The smallest absolute Gasteiger partial charge is 0.228 e. The van der Waals surface area contributed by atoms with E-state index in [-0.39, 0.29) is 5.41 Å². The van der Waals surface area contributed by atoms with Gasteiger partial charge in [-0.2, -0.15) is 0 Å². The Morgan fingerprint density at radius 3 is 2.00 bits per heavy atom. The summed E-state index contributed by atoms with van der Waals surface area (Å²) >= 11 is 0. The van der Waals surface area contributed by atoms with Crippen LogP contribution in [0.3, 0.4) is 0 Å². The lowest BCUT2D eigenvalue weighted by molar-refractivity contribution is -0.142. The maximum atomic E-state index is 12.5. The van der Waals surface area contributed by atoms with Crippen molar-refractivity contribution < 1.29 is 4.79 Å². The molecule has 0 aliphatic carbocycles. The van der Waals surface area contributed by atoms with Gasteiger partial charge in [0.25, 0.3) is 0 Å². The molecule has 0 spiro atoms. The third-order valence-corrected chi connectivity index (χ3v) is 3.98. The van der Waals surface area contributed by atoms with Crippen LogP contribution in [0.4, 0.5) is 0 Å². The van der Waals surface area contributed by atoms with E-state index in [1.54, 1.807) is 0 Å². The standard InChI is InChI=1S/C15H19NO/c1-15(2,3)14(17)16-12-8-9-13(16)11-7-5-4-6-10(11)12/h4-7,12-13H,8-9H2,1-3H3. The summed E-state index contributed by atoms with van der Waals surface area (Å²) < 4.78 is 0. The summed E-state index contributed by atoms with van der Waals surface area (Å²) in [5.41, 5.74) is 2.48. The lowest BCUT2D eigenvalue weighted by Gasteiger charge is -2.29. The zero-order valence-electron chi connectivity index (χ0n) is 10.7. The fourth-order valence-corrected chi connectivity index (χ4v) is 3.21. The summed E-state index contributed by atoms with van der Waals surface area (Å²) in [6.45, 7) is 6.04. The van der Waals surface area contributed by atoms with Crippen LogP contribution in [0.2, 0.25) is 0 Å². The molecule has 1 aromatic carbocycles. The van der Waals surface area contributed by atoms with Crippen LogP contribution in [0.15, 0.2) is 24.3 Å². The maximum Gasteiger partial charge on any atom is 0.228 e. The quantitative estimate of drug-likeness (QED) is 0.667. The Morgan fingerprint density at radius 1 is 1.12 bits per heavy atom. The Balaban J connectivity index is 2.01. The summed E-state index contributed by atoms with van der Waals surface area (Å²) in [5.74, 6) is 0.293. The third kappa shape index (κ3) is 1.43. The van der Waals surface area contributed by atoms with Gasteiger partial charge in [0.15, 0.2) is 0 Å². The summed E-state index contributed by atoms with van der Waals surface area (Å²) in [7, 11) is 0. The normalized spacial score (nSPS) is 26.2. The number of amides is 1. The van der Waals surface area contributed by atoms with E-state index in [4.69, 9.17) is 0 Å². The third-order valence-electron chi connectivity index (χ3n) is 3.98. The molecule has 1 fully saturated rings. The predicted molar refractivity (Wildman–Crippen MR) is 67.5 cm³/mol. The fourth-order valence-electron chi connectivity index (χ4n) is 3.21. The Morgan fingerprint density at radius 2 is 1.59 bits per heavy atom. The predicted octanol–water partition coefficient (Wildman–Crippen LogP) is 3.45. The van der Waals surface area contributed by atoms with Crippen molar-refractivity contribution in [1.29, 1.82) is 0 Å². The minimum atomic E-state index is -0.275. The average molecular weight is 229 g/mol. The first-order valence-electron chi connectivity index (χ1n) is 6.42. The molecule has 2 atom stereocenters. The maximum absolute atomic E-state index is 12.5. The second-order valence-corrected chi connectivity index (χ2v) is 6.20. The Kier molecular flexibility index (Phi) is 2.13. The highest BCUT2D eigenvalue weighted by molar-refractivity contribution is 5.83. The minimum Gasteiger partial charge on any atom is -0.328 e. The number of rotatable bonds is 0. The van der Waals surface area contributed by atoms with Gasteiger partial charge < -0.3 is 4.90 Å². The zero-order chi connectivity index (χ0) is 12.2. The summed E-state index contributed by atoms with van der Waals surface area (Å²) in [5, 5.41) is 0. The molecule has 2 unspecified atom stereocenters. The van der Waals surface area contributed by atoms with Gasteiger partial charge in [0, 0.05) is 5.41 Å². The van der Waals surface area contributed by atoms with Crippen molar-refractivity contribution in [3.05, 3.63) is 35.4 Å². The molecule has 2 heterocycles. The van der Waals surface area contributed by atoms with Gasteiger partial charge in [-0.05, 0) is 24.0 Å². The van der Waals surface area contributed by atoms with E-state index in [9.17, 15) is 4.79 Å². The summed E-state index contributed by atoms with van der Waals surface area (Å²) in [6.07, 6.45) is 2.26. The van der Waals surface area contributed by atoms with Crippen molar-refractivity contribution in [3.63, 3.8) is 0 Å². The van der Waals surface area contributed by atoms with Crippen molar-refractivity contribution in [2.24, 2.45) is 5.41 Å². The Hall–Kier alpha value is -1.31. The number of carbonyl (C=O) groups is 1. The second-order valence-electron chi connectivity index (χ2n) is 6.20. The molecule has 2 bridgehead atoms.